The zero-order chi connectivity index (χ0) is 16.8. The Morgan fingerprint density at radius 3 is 2.33 bits per heavy atom. The summed E-state index contributed by atoms with van der Waals surface area (Å²) in [6.07, 6.45) is -0.810. The van der Waals surface area contributed by atoms with Crippen LogP contribution in [0, 0.1) is 11.8 Å². The van der Waals surface area contributed by atoms with Gasteiger partial charge in [0.05, 0.1) is 20.3 Å². The lowest BCUT2D eigenvalue weighted by molar-refractivity contribution is 0.122. The SMILES string of the molecule is COc1ccc(C(O)C#Cc2ccc(N3CCOCC3)cc2)cc1. The molecule has 0 amide bonds. The Morgan fingerprint density at radius 1 is 1.04 bits per heavy atom. The molecule has 4 heteroatoms. The molecule has 24 heavy (non-hydrogen) atoms. The maximum atomic E-state index is 10.2. The molecule has 1 saturated heterocycles. The normalized spacial score (nSPS) is 15.3. The van der Waals surface area contributed by atoms with Gasteiger partial charge in [0.25, 0.3) is 0 Å². The molecule has 0 aliphatic carbocycles. The lowest BCUT2D eigenvalue weighted by atomic mass is 10.1. The zero-order valence-corrected chi connectivity index (χ0v) is 13.7. The number of aliphatic hydroxyl groups excluding tert-OH is 1. The van der Waals surface area contributed by atoms with Gasteiger partial charge in [-0.25, -0.2) is 0 Å². The van der Waals surface area contributed by atoms with E-state index in [-0.39, 0.29) is 0 Å². The fraction of sp³-hybridized carbons (Fsp3) is 0.300. The second-order valence-corrected chi connectivity index (χ2v) is 5.59. The third-order valence-electron chi connectivity index (χ3n) is 4.03. The lowest BCUT2D eigenvalue weighted by Crippen LogP contribution is -2.36. The van der Waals surface area contributed by atoms with Crippen molar-refractivity contribution >= 4 is 5.69 Å². The average Bonchev–Trinajstić information content (AvgIpc) is 2.67. The van der Waals surface area contributed by atoms with Crippen LogP contribution in [-0.2, 0) is 4.74 Å². The number of hydrogen-bond acceptors (Lipinski definition) is 4. The summed E-state index contributed by atoms with van der Waals surface area (Å²) in [5.74, 6) is 6.67. The molecule has 0 radical (unpaired) electrons. The predicted molar refractivity (Wildman–Crippen MR) is 94.3 cm³/mol. The van der Waals surface area contributed by atoms with E-state index in [1.54, 1.807) is 7.11 Å². The summed E-state index contributed by atoms with van der Waals surface area (Å²) in [5, 5.41) is 10.2. The van der Waals surface area contributed by atoms with Crippen LogP contribution >= 0.6 is 0 Å². The minimum atomic E-state index is -0.810. The number of nitrogens with zero attached hydrogens (tertiary/aromatic N) is 1. The van der Waals surface area contributed by atoms with E-state index in [0.29, 0.717) is 0 Å². The summed E-state index contributed by atoms with van der Waals surface area (Å²) in [7, 11) is 1.62. The van der Waals surface area contributed by atoms with Crippen LogP contribution in [0.2, 0.25) is 0 Å². The number of benzene rings is 2. The lowest BCUT2D eigenvalue weighted by Gasteiger charge is -2.28. The van der Waals surface area contributed by atoms with E-state index >= 15 is 0 Å². The smallest absolute Gasteiger partial charge is 0.140 e. The summed E-state index contributed by atoms with van der Waals surface area (Å²) >= 11 is 0. The van der Waals surface area contributed by atoms with Crippen LogP contribution in [0.3, 0.4) is 0 Å². The van der Waals surface area contributed by atoms with Crippen molar-refractivity contribution in [3.05, 3.63) is 59.7 Å². The second-order valence-electron chi connectivity index (χ2n) is 5.59. The minimum absolute atomic E-state index is 0.758. The largest absolute Gasteiger partial charge is 0.497 e. The Bertz CT molecular complexity index is 707. The summed E-state index contributed by atoms with van der Waals surface area (Å²) in [4.78, 5) is 2.30. The standard InChI is InChI=1S/C20H21NO3/c1-23-19-9-5-17(6-10-19)20(22)11-4-16-2-7-18(8-3-16)21-12-14-24-15-13-21/h2-3,5-10,20,22H,12-15H2,1H3. The molecule has 0 saturated carbocycles. The first-order chi connectivity index (χ1) is 11.8. The number of hydrogen-bond donors (Lipinski definition) is 1. The van der Waals surface area contributed by atoms with Crippen LogP contribution in [0.25, 0.3) is 0 Å². The second kappa shape index (κ2) is 7.87. The maximum absolute atomic E-state index is 10.2. The van der Waals surface area contributed by atoms with Crippen LogP contribution in [-0.4, -0.2) is 38.5 Å². The van der Waals surface area contributed by atoms with Gasteiger partial charge in [0.1, 0.15) is 11.9 Å². The third-order valence-corrected chi connectivity index (χ3v) is 4.03. The van der Waals surface area contributed by atoms with E-state index < -0.39 is 6.10 Å². The number of morpholine rings is 1. The summed E-state index contributed by atoms with van der Waals surface area (Å²) in [6, 6.07) is 15.4. The van der Waals surface area contributed by atoms with Gasteiger partial charge in [-0.1, -0.05) is 24.0 Å². The van der Waals surface area contributed by atoms with Crippen LogP contribution in [0.15, 0.2) is 48.5 Å². The number of methoxy groups -OCH3 is 1. The van der Waals surface area contributed by atoms with Crippen molar-refractivity contribution in [1.29, 1.82) is 0 Å². The van der Waals surface area contributed by atoms with Crippen LogP contribution in [0.4, 0.5) is 5.69 Å². The van der Waals surface area contributed by atoms with Crippen molar-refractivity contribution < 1.29 is 14.6 Å². The highest BCUT2D eigenvalue weighted by molar-refractivity contribution is 5.51. The minimum Gasteiger partial charge on any atom is -0.497 e. The van der Waals surface area contributed by atoms with E-state index in [9.17, 15) is 5.11 Å². The van der Waals surface area contributed by atoms with Gasteiger partial charge in [-0.2, -0.15) is 0 Å². The fourth-order valence-corrected chi connectivity index (χ4v) is 2.60. The topological polar surface area (TPSA) is 41.9 Å². The van der Waals surface area contributed by atoms with Crippen LogP contribution in [0.5, 0.6) is 5.75 Å². The van der Waals surface area contributed by atoms with Crippen LogP contribution in [0.1, 0.15) is 17.2 Å². The highest BCUT2D eigenvalue weighted by Crippen LogP contribution is 2.18. The van der Waals surface area contributed by atoms with Gasteiger partial charge < -0.3 is 19.5 Å². The van der Waals surface area contributed by atoms with Gasteiger partial charge in [-0.05, 0) is 42.0 Å². The van der Waals surface area contributed by atoms with Crippen molar-refractivity contribution in [2.24, 2.45) is 0 Å². The molecule has 1 N–H and O–H groups in total. The number of anilines is 1. The van der Waals surface area contributed by atoms with E-state index in [1.165, 1.54) is 5.69 Å². The molecule has 1 fully saturated rings. The van der Waals surface area contributed by atoms with Crippen molar-refractivity contribution in [3.8, 4) is 17.6 Å². The summed E-state index contributed by atoms with van der Waals surface area (Å²) < 4.78 is 10.5. The Hall–Kier alpha value is -2.48. The maximum Gasteiger partial charge on any atom is 0.140 e. The van der Waals surface area contributed by atoms with Gasteiger partial charge in [0, 0.05) is 24.3 Å². The first kappa shape index (κ1) is 16.4. The first-order valence-electron chi connectivity index (χ1n) is 8.02. The number of ether oxygens (including phenoxy) is 2. The Kier molecular flexibility index (Phi) is 5.37. The van der Waals surface area contributed by atoms with E-state index in [0.717, 1.165) is 43.2 Å². The van der Waals surface area contributed by atoms with Crippen LogP contribution < -0.4 is 9.64 Å². The molecule has 124 valence electrons. The quantitative estimate of drug-likeness (QED) is 0.882. The molecule has 1 aliphatic rings. The summed E-state index contributed by atoms with van der Waals surface area (Å²) in [6.45, 7) is 3.38. The van der Waals surface area contributed by atoms with Gasteiger partial charge in [0.15, 0.2) is 0 Å². The molecule has 1 unspecified atom stereocenters. The fourth-order valence-electron chi connectivity index (χ4n) is 2.60. The van der Waals surface area contributed by atoms with E-state index in [2.05, 4.69) is 28.9 Å². The van der Waals surface area contributed by atoms with Gasteiger partial charge in [-0.3, -0.25) is 0 Å². The Labute approximate surface area is 142 Å². The van der Waals surface area contributed by atoms with Gasteiger partial charge in [0.2, 0.25) is 0 Å². The molecule has 2 aromatic carbocycles. The molecule has 0 bridgehead atoms. The van der Waals surface area contributed by atoms with E-state index in [1.807, 2.05) is 36.4 Å². The Morgan fingerprint density at radius 2 is 1.71 bits per heavy atom. The van der Waals surface area contributed by atoms with E-state index in [4.69, 9.17) is 9.47 Å². The van der Waals surface area contributed by atoms with Crippen molar-refractivity contribution in [1.82, 2.24) is 0 Å². The Balaban J connectivity index is 1.66. The first-order valence-corrected chi connectivity index (χ1v) is 8.02. The molecule has 2 aromatic rings. The third kappa shape index (κ3) is 4.08. The van der Waals surface area contributed by atoms with Crippen molar-refractivity contribution in [2.75, 3.05) is 38.3 Å². The molecule has 0 spiro atoms. The highest BCUT2D eigenvalue weighted by Gasteiger charge is 2.10. The van der Waals surface area contributed by atoms with Gasteiger partial charge in [-0.15, -0.1) is 0 Å². The molecular weight excluding hydrogens is 302 g/mol. The summed E-state index contributed by atoms with van der Waals surface area (Å²) in [5.41, 5.74) is 2.83. The monoisotopic (exact) mass is 323 g/mol. The van der Waals surface area contributed by atoms with Crippen molar-refractivity contribution in [2.45, 2.75) is 6.10 Å². The molecule has 1 aliphatic heterocycles. The molecule has 0 aromatic heterocycles. The molecule has 3 rings (SSSR count). The molecular formula is C20H21NO3. The highest BCUT2D eigenvalue weighted by atomic mass is 16.5. The van der Waals surface area contributed by atoms with Crippen molar-refractivity contribution in [3.63, 3.8) is 0 Å². The molecule has 1 atom stereocenters. The number of rotatable bonds is 3. The molecule has 1 heterocycles. The van der Waals surface area contributed by atoms with Gasteiger partial charge >= 0.3 is 0 Å². The number of aliphatic hydroxyl groups is 1. The average molecular weight is 323 g/mol. The predicted octanol–water partition coefficient (Wildman–Crippen LogP) is 2.62. The molecule has 4 nitrogen and oxygen atoms in total. The zero-order valence-electron chi connectivity index (χ0n) is 13.7.